The molecule has 3 amide bonds. The van der Waals surface area contributed by atoms with Crippen molar-refractivity contribution in [3.8, 4) is 0 Å². The second-order valence-electron chi connectivity index (χ2n) is 5.98. The van der Waals surface area contributed by atoms with Gasteiger partial charge < -0.3 is 10.1 Å². The van der Waals surface area contributed by atoms with Crippen molar-refractivity contribution in [3.63, 3.8) is 0 Å². The van der Waals surface area contributed by atoms with Gasteiger partial charge in [0, 0.05) is 18.0 Å². The first-order valence-electron chi connectivity index (χ1n) is 8.34. The molecule has 8 heteroatoms. The van der Waals surface area contributed by atoms with Crippen LogP contribution in [0, 0.1) is 0 Å². The monoisotopic (exact) mass is 392 g/mol. The van der Waals surface area contributed by atoms with Gasteiger partial charge in [-0.15, -0.1) is 11.8 Å². The van der Waals surface area contributed by atoms with Crippen molar-refractivity contribution in [2.24, 2.45) is 0 Å². The summed E-state index contributed by atoms with van der Waals surface area (Å²) in [4.78, 5) is 39.0. The van der Waals surface area contributed by atoms with Gasteiger partial charge >= 0.3 is 0 Å². The fourth-order valence-electron chi connectivity index (χ4n) is 2.72. The number of carbonyl (C=O) groups excluding carboxylic acids is 3. The molecular formula is C18H20N2O4S2. The third-order valence-electron chi connectivity index (χ3n) is 4.14. The van der Waals surface area contributed by atoms with Crippen molar-refractivity contribution in [3.05, 3.63) is 34.7 Å². The second kappa shape index (κ2) is 8.75. The number of hydrogen-bond donors (Lipinski definition) is 1. The van der Waals surface area contributed by atoms with Gasteiger partial charge in [-0.2, -0.15) is 0 Å². The van der Waals surface area contributed by atoms with Crippen LogP contribution in [0.2, 0.25) is 0 Å². The van der Waals surface area contributed by atoms with E-state index >= 15 is 0 Å². The van der Waals surface area contributed by atoms with E-state index in [0.29, 0.717) is 18.1 Å². The van der Waals surface area contributed by atoms with Gasteiger partial charge in [-0.1, -0.05) is 12.1 Å². The molecule has 3 rings (SSSR count). The highest BCUT2D eigenvalue weighted by molar-refractivity contribution is 8.18. The number of amides is 3. The lowest BCUT2D eigenvalue weighted by Crippen LogP contribution is -2.41. The summed E-state index contributed by atoms with van der Waals surface area (Å²) in [5, 5.41) is 2.31. The first-order chi connectivity index (χ1) is 12.6. The van der Waals surface area contributed by atoms with Crippen LogP contribution in [0.25, 0.3) is 6.08 Å². The lowest BCUT2D eigenvalue weighted by molar-refractivity contribution is -0.129. The molecule has 0 unspecified atom stereocenters. The van der Waals surface area contributed by atoms with Gasteiger partial charge in [0.25, 0.3) is 11.1 Å². The molecule has 2 aliphatic rings. The number of nitrogens with one attached hydrogen (secondary N) is 1. The summed E-state index contributed by atoms with van der Waals surface area (Å²) in [5.74, 6) is -0.783. The molecule has 1 N–H and O–H groups in total. The molecule has 0 radical (unpaired) electrons. The van der Waals surface area contributed by atoms with Gasteiger partial charge in [0.1, 0.15) is 6.54 Å². The summed E-state index contributed by atoms with van der Waals surface area (Å²) < 4.78 is 5.44. The molecular weight excluding hydrogens is 372 g/mol. The highest BCUT2D eigenvalue weighted by Gasteiger charge is 2.36. The Bertz CT molecular complexity index is 727. The Balaban J connectivity index is 1.58. The van der Waals surface area contributed by atoms with Crippen LogP contribution in [0.3, 0.4) is 0 Å². The maximum absolute atomic E-state index is 12.4. The van der Waals surface area contributed by atoms with Crippen molar-refractivity contribution in [2.75, 3.05) is 26.0 Å². The van der Waals surface area contributed by atoms with Crippen LogP contribution >= 0.6 is 23.5 Å². The number of nitrogens with zero attached hydrogens (tertiary/aromatic N) is 1. The molecule has 26 heavy (non-hydrogen) atoms. The zero-order chi connectivity index (χ0) is 18.5. The van der Waals surface area contributed by atoms with Crippen molar-refractivity contribution in [1.82, 2.24) is 10.2 Å². The van der Waals surface area contributed by atoms with Crippen LogP contribution < -0.4 is 5.32 Å². The fourth-order valence-corrected chi connectivity index (χ4v) is 3.97. The summed E-state index contributed by atoms with van der Waals surface area (Å²) in [7, 11) is 0. The number of ether oxygens (including phenoxy) is 1. The summed E-state index contributed by atoms with van der Waals surface area (Å²) in [6.07, 6.45) is 5.61. The third kappa shape index (κ3) is 4.69. The minimum Gasteiger partial charge on any atom is -0.376 e. The number of rotatable bonds is 6. The normalized spacial score (nSPS) is 21.7. The van der Waals surface area contributed by atoms with Gasteiger partial charge in [0.15, 0.2) is 0 Å². The molecule has 0 spiro atoms. The molecule has 1 aromatic carbocycles. The Kier molecular flexibility index (Phi) is 6.39. The summed E-state index contributed by atoms with van der Waals surface area (Å²) in [5.41, 5.74) is 0.844. The first kappa shape index (κ1) is 19.0. The molecule has 6 nitrogen and oxygen atoms in total. The number of hydrogen-bond acceptors (Lipinski definition) is 6. The minimum atomic E-state index is -0.429. The Morgan fingerprint density at radius 3 is 2.81 bits per heavy atom. The van der Waals surface area contributed by atoms with Gasteiger partial charge in [0.2, 0.25) is 5.91 Å². The molecule has 1 atom stereocenters. The Morgan fingerprint density at radius 2 is 2.15 bits per heavy atom. The first-order valence-corrected chi connectivity index (χ1v) is 10.4. The van der Waals surface area contributed by atoms with E-state index in [4.69, 9.17) is 4.74 Å². The smallest absolute Gasteiger partial charge is 0.294 e. The molecule has 138 valence electrons. The molecule has 0 saturated carbocycles. The van der Waals surface area contributed by atoms with E-state index in [1.54, 1.807) is 17.8 Å². The predicted octanol–water partition coefficient (Wildman–Crippen LogP) is 2.74. The molecule has 0 aliphatic carbocycles. The van der Waals surface area contributed by atoms with Gasteiger partial charge in [0.05, 0.1) is 11.0 Å². The lowest BCUT2D eigenvalue weighted by Gasteiger charge is -2.14. The predicted molar refractivity (Wildman–Crippen MR) is 103 cm³/mol. The zero-order valence-corrected chi connectivity index (χ0v) is 16.0. The number of imide groups is 1. The standard InChI is InChI=1S/C18H20N2O4S2/c1-25-14-6-4-12(5-7-14)9-15-17(22)20(18(23)26-15)11-16(21)19-10-13-3-2-8-24-13/h4-7,9,13H,2-3,8,10-11H2,1H3,(H,19,21)/b15-9-/t13-/m1/s1. The van der Waals surface area contributed by atoms with Gasteiger partial charge in [-0.25, -0.2) is 0 Å². The van der Waals surface area contributed by atoms with E-state index in [2.05, 4.69) is 5.32 Å². The van der Waals surface area contributed by atoms with Crippen LogP contribution in [-0.4, -0.2) is 54.0 Å². The van der Waals surface area contributed by atoms with E-state index in [0.717, 1.165) is 40.0 Å². The molecule has 2 fully saturated rings. The number of thioether (sulfide) groups is 2. The van der Waals surface area contributed by atoms with Crippen LogP contribution in [0.5, 0.6) is 0 Å². The fraction of sp³-hybridized carbons (Fsp3) is 0.389. The minimum absolute atomic E-state index is 0.0259. The largest absolute Gasteiger partial charge is 0.376 e. The van der Waals surface area contributed by atoms with Crippen molar-refractivity contribution in [1.29, 1.82) is 0 Å². The van der Waals surface area contributed by atoms with E-state index in [-0.39, 0.29) is 18.6 Å². The second-order valence-corrected chi connectivity index (χ2v) is 7.85. The van der Waals surface area contributed by atoms with Crippen LogP contribution in [0.1, 0.15) is 18.4 Å². The van der Waals surface area contributed by atoms with Gasteiger partial charge in [-0.3, -0.25) is 19.3 Å². The van der Waals surface area contributed by atoms with E-state index in [1.807, 2.05) is 30.5 Å². The zero-order valence-electron chi connectivity index (χ0n) is 14.4. The SMILES string of the molecule is CSc1ccc(/C=C2\SC(=O)N(CC(=O)NC[C@H]3CCCO3)C2=O)cc1. The van der Waals surface area contributed by atoms with Crippen LogP contribution in [0.15, 0.2) is 34.1 Å². The average molecular weight is 393 g/mol. The molecule has 1 aromatic rings. The topological polar surface area (TPSA) is 75.7 Å². The molecule has 2 heterocycles. The Labute approximate surface area is 160 Å². The van der Waals surface area contributed by atoms with Crippen molar-refractivity contribution < 1.29 is 19.1 Å². The number of carbonyl (C=O) groups is 3. The van der Waals surface area contributed by atoms with E-state index < -0.39 is 11.1 Å². The lowest BCUT2D eigenvalue weighted by atomic mass is 10.2. The summed E-state index contributed by atoms with van der Waals surface area (Å²) >= 11 is 2.49. The summed E-state index contributed by atoms with van der Waals surface area (Å²) in [6.45, 7) is 0.860. The molecule has 2 saturated heterocycles. The molecule has 0 bridgehead atoms. The quantitative estimate of drug-likeness (QED) is 0.593. The molecule has 0 aromatic heterocycles. The van der Waals surface area contributed by atoms with Crippen molar-refractivity contribution >= 4 is 46.7 Å². The maximum Gasteiger partial charge on any atom is 0.294 e. The van der Waals surface area contributed by atoms with E-state index in [9.17, 15) is 14.4 Å². The Hall–Kier alpha value is -1.77. The van der Waals surface area contributed by atoms with Crippen molar-refractivity contribution in [2.45, 2.75) is 23.8 Å². The van der Waals surface area contributed by atoms with Gasteiger partial charge in [-0.05, 0) is 54.6 Å². The maximum atomic E-state index is 12.4. The number of benzene rings is 1. The van der Waals surface area contributed by atoms with Crippen LogP contribution in [0.4, 0.5) is 4.79 Å². The highest BCUT2D eigenvalue weighted by atomic mass is 32.2. The third-order valence-corrected chi connectivity index (χ3v) is 5.79. The van der Waals surface area contributed by atoms with Crippen LogP contribution in [-0.2, 0) is 14.3 Å². The summed E-state index contributed by atoms with van der Waals surface area (Å²) in [6, 6.07) is 7.71. The Morgan fingerprint density at radius 1 is 1.38 bits per heavy atom. The molecule has 2 aliphatic heterocycles. The average Bonchev–Trinajstić information content (AvgIpc) is 3.25. The van der Waals surface area contributed by atoms with E-state index in [1.165, 1.54) is 0 Å². The highest BCUT2D eigenvalue weighted by Crippen LogP contribution is 2.32.